The molecule has 6 aromatic rings. The van der Waals surface area contributed by atoms with Crippen molar-refractivity contribution >= 4 is 117 Å². The highest BCUT2D eigenvalue weighted by atomic mass is 35.5. The highest BCUT2D eigenvalue weighted by Crippen LogP contribution is 2.46. The van der Waals surface area contributed by atoms with E-state index in [1.54, 1.807) is 73.0 Å². The van der Waals surface area contributed by atoms with E-state index in [2.05, 4.69) is 44.5 Å². The number of sulfonamides is 2. The first kappa shape index (κ1) is 103. The van der Waals surface area contributed by atoms with Gasteiger partial charge in [-0.05, 0) is 226 Å². The summed E-state index contributed by atoms with van der Waals surface area (Å²) in [6, 6.07) is 29.7. The normalized spacial score (nSPS) is 16.5. The number of hydrogen-bond acceptors (Lipinski definition) is 25. The quantitative estimate of drug-likeness (QED) is 0.0102. The molecule has 2 amide bonds. The molecule has 0 heterocycles. The number of nitrogens with one attached hydrogen (secondary N) is 4. The van der Waals surface area contributed by atoms with Crippen LogP contribution in [0.2, 0.25) is 30.1 Å². The van der Waals surface area contributed by atoms with Gasteiger partial charge in [-0.1, -0.05) is 76.0 Å². The fourth-order valence-electron chi connectivity index (χ4n) is 13.5. The number of nitriles is 1. The van der Waals surface area contributed by atoms with Crippen molar-refractivity contribution in [1.29, 1.82) is 5.26 Å². The van der Waals surface area contributed by atoms with Gasteiger partial charge in [-0.25, -0.2) is 49.3 Å². The monoisotopic (exact) mass is 1870 g/mol. The number of urea groups is 1. The van der Waals surface area contributed by atoms with Crippen molar-refractivity contribution in [2.45, 2.75) is 128 Å². The summed E-state index contributed by atoms with van der Waals surface area (Å²) in [5.41, 5.74) is 11.1. The predicted molar refractivity (Wildman–Crippen MR) is 471 cm³/mol. The van der Waals surface area contributed by atoms with Gasteiger partial charge in [0.15, 0.2) is 9.84 Å². The minimum atomic E-state index is -3.77. The van der Waals surface area contributed by atoms with Gasteiger partial charge in [0.2, 0.25) is 26.1 Å². The van der Waals surface area contributed by atoms with Gasteiger partial charge in [0.1, 0.15) is 48.0 Å². The molecule has 6 aromatic carbocycles. The van der Waals surface area contributed by atoms with Crippen LogP contribution in [0, 0.1) is 11.5 Å². The van der Waals surface area contributed by atoms with E-state index in [9.17, 15) is 39.6 Å². The second-order valence-electron chi connectivity index (χ2n) is 29.3. The van der Waals surface area contributed by atoms with Crippen LogP contribution in [0.15, 0.2) is 129 Å². The zero-order valence-electron chi connectivity index (χ0n) is 69.5. The van der Waals surface area contributed by atoms with Crippen molar-refractivity contribution < 1.29 is 87.0 Å². The van der Waals surface area contributed by atoms with E-state index in [-0.39, 0.29) is 115 Å². The number of Topliss-reactive ketones (excluding diaryl/α,β-unsaturated/α-hetero) is 1. The van der Waals surface area contributed by atoms with Crippen molar-refractivity contribution in [2.75, 3.05) is 173 Å². The Morgan fingerprint density at radius 3 is 1.23 bits per heavy atom. The number of isocyanates is 1. The number of nitrogens with two attached hydrogens (primary N) is 1. The molecule has 9 rings (SSSR count). The Labute approximate surface area is 747 Å². The molecule has 122 heavy (non-hydrogen) atoms. The summed E-state index contributed by atoms with van der Waals surface area (Å²) in [5.74, 6) is 1.71. The summed E-state index contributed by atoms with van der Waals surface area (Å²) in [5, 5.41) is 16.9. The molecule has 3 aliphatic carbocycles. The minimum absolute atomic E-state index is 0.0243. The zero-order valence-corrected chi connectivity index (χ0v) is 76.5. The summed E-state index contributed by atoms with van der Waals surface area (Å²) < 4.78 is 138. The summed E-state index contributed by atoms with van der Waals surface area (Å²) in [6.07, 6.45) is 9.79. The number of hydrogen-bond donors (Lipinski definition) is 5. The number of carbonyl (C=O) groups is 2. The van der Waals surface area contributed by atoms with E-state index < -0.39 is 29.9 Å². The standard InChI is InChI=1S/C55H73Cl4N5O12S2.C23H31Cl2N3O5S.C6H8N2O2/c1-63(2)51-36-45-47(32-38(56)34-49(45)58)53(51)75-41-12-16-43(17-13-41)77(67,68)31-9-24-72-28-29-73-25-21-61-55(66)60-20-7-5-6-10-40(65)11-8-23-71-27-30-74-26-22-62-78(69,70)44-18-14-42(15-19-44)76-54-48-33-39(57)35-50(59)46(48)37-52(54)64(3)4;1-28(2)22-15-19-20(13-16(24)14-21(19)25)23(22)33-17-3-5-18(6-4-17)34(29,30)27-8-10-32-12-11-31-9-7-26;7-5-10-4-2-1-3-8-6-9/h12-19,32-35,51-54,62H,5-11,20-31,36-37H2,1-4H3,(H2,60,61,66);3-6,13-14,22-23,27H,7-12,15,26H2,1-2H3;1-4H2/t51-,52-,53-,54-;22-,23-;/m00./s1. The number of benzene rings is 6. The Morgan fingerprint density at radius 2 is 0.828 bits per heavy atom. The number of ketones is 1. The third-order valence-electron chi connectivity index (χ3n) is 19.8. The van der Waals surface area contributed by atoms with Gasteiger partial charge in [0.05, 0.1) is 111 Å². The van der Waals surface area contributed by atoms with E-state index in [0.29, 0.717) is 165 Å². The van der Waals surface area contributed by atoms with Crippen molar-refractivity contribution in [3.05, 3.63) is 173 Å². The lowest BCUT2D eigenvalue weighted by Gasteiger charge is -2.27. The SMILES string of the molecule is CN(C)[C@H]1Cc2c(Cl)cc(Cl)cc2[C@@H]1Oc1ccc(S(=O)(=O)CCCOCCOCCNC(=O)NCCCCCC(=O)CCCOCCOCCNS(=O)(=O)c2ccc(O[C@H]3c4cc(Cl)cc(Cl)c4C[C@@H]3N(C)C)cc2)cc1.CN(C)[C@H]1Cc2c(Cl)cc(Cl)cc2[C@@H]1Oc1ccc(S(=O)(=O)NCCOCCOCCN)cc1.N#COCCCCN=C=O. The highest BCUT2D eigenvalue weighted by Gasteiger charge is 2.41. The van der Waals surface area contributed by atoms with Crippen LogP contribution < -0.4 is 40.0 Å². The molecule has 38 heteroatoms. The number of aliphatic imine (C=N–C) groups is 1. The summed E-state index contributed by atoms with van der Waals surface area (Å²) in [7, 11) is 0.914. The number of fused-ring (bicyclic) bond motifs is 3. The van der Waals surface area contributed by atoms with Crippen LogP contribution in [-0.2, 0) is 91.9 Å². The number of rotatable bonds is 53. The fraction of sp³-hybridized carbons (Fsp3) is 0.524. The lowest BCUT2D eigenvalue weighted by molar-refractivity contribution is -0.119. The average Bonchev–Trinajstić information content (AvgIpc) is 1.63. The molecular formula is C84H112Cl6N10O19S3. The number of amides is 2. The topological polar surface area (TPSA) is 366 Å². The van der Waals surface area contributed by atoms with Crippen LogP contribution in [0.5, 0.6) is 17.2 Å². The molecule has 0 fully saturated rings. The van der Waals surface area contributed by atoms with Crippen LogP contribution in [0.4, 0.5) is 4.79 Å². The van der Waals surface area contributed by atoms with Gasteiger partial charge < -0.3 is 78.4 Å². The Morgan fingerprint density at radius 1 is 0.451 bits per heavy atom. The maximum absolute atomic E-state index is 13.0. The highest BCUT2D eigenvalue weighted by molar-refractivity contribution is 7.91. The fourth-order valence-corrected chi connectivity index (χ4v) is 18.5. The van der Waals surface area contributed by atoms with Crippen LogP contribution >= 0.6 is 69.6 Å². The predicted octanol–water partition coefficient (Wildman–Crippen LogP) is 12.4. The molecule has 0 aromatic heterocycles. The first-order valence-electron chi connectivity index (χ1n) is 40.2. The van der Waals surface area contributed by atoms with Gasteiger partial charge in [0.25, 0.3) is 6.26 Å². The molecule has 3 aliphatic rings. The summed E-state index contributed by atoms with van der Waals surface area (Å²) >= 11 is 38.2. The number of ether oxygens (including phenoxy) is 10. The first-order chi connectivity index (χ1) is 58.5. The van der Waals surface area contributed by atoms with E-state index in [4.69, 9.17) is 123 Å². The van der Waals surface area contributed by atoms with Gasteiger partial charge >= 0.3 is 6.03 Å². The summed E-state index contributed by atoms with van der Waals surface area (Å²) in [4.78, 5) is 44.0. The van der Waals surface area contributed by atoms with Crippen molar-refractivity contribution in [3.8, 4) is 23.5 Å². The second-order valence-corrected chi connectivity index (χ2v) is 37.5. The smallest absolute Gasteiger partial charge is 0.314 e. The summed E-state index contributed by atoms with van der Waals surface area (Å²) in [6.45, 7) is 6.20. The molecule has 0 saturated heterocycles. The molecule has 29 nitrogen and oxygen atoms in total. The molecule has 0 spiro atoms. The Bertz CT molecular complexity index is 4510. The number of nitrogens with zero attached hydrogens (tertiary/aromatic N) is 5. The van der Waals surface area contributed by atoms with E-state index >= 15 is 0 Å². The van der Waals surface area contributed by atoms with Gasteiger partial charge in [0, 0.05) is 106 Å². The van der Waals surface area contributed by atoms with Crippen molar-refractivity contribution in [1.82, 2.24) is 34.8 Å². The Balaban J connectivity index is 0.000000380. The van der Waals surface area contributed by atoms with Crippen LogP contribution in [-0.4, -0.2) is 249 Å². The van der Waals surface area contributed by atoms with E-state index in [1.165, 1.54) is 30.3 Å². The molecule has 0 aliphatic heterocycles. The molecule has 0 radical (unpaired) electrons. The van der Waals surface area contributed by atoms with Gasteiger partial charge in [-0.3, -0.25) is 4.79 Å². The van der Waals surface area contributed by atoms with E-state index in [1.807, 2.05) is 60.5 Å². The lowest BCUT2D eigenvalue weighted by atomic mass is 10.1. The molecule has 0 saturated carbocycles. The van der Waals surface area contributed by atoms with Gasteiger partial charge in [-0.15, -0.1) is 0 Å². The molecule has 6 atom stereocenters. The van der Waals surface area contributed by atoms with Crippen LogP contribution in [0.25, 0.3) is 0 Å². The largest absolute Gasteiger partial charge is 0.484 e. The third kappa shape index (κ3) is 34.3. The maximum Gasteiger partial charge on any atom is 0.314 e. The third-order valence-corrected chi connectivity index (χ3v) is 26.2. The minimum Gasteiger partial charge on any atom is -0.484 e. The Hall–Kier alpha value is -6.56. The zero-order chi connectivity index (χ0) is 88.6. The number of unbranched alkanes of at least 4 members (excludes halogenated alkanes) is 3. The van der Waals surface area contributed by atoms with Crippen LogP contribution in [0.1, 0.15) is 109 Å². The maximum atomic E-state index is 13.0. The van der Waals surface area contributed by atoms with Crippen molar-refractivity contribution in [3.63, 3.8) is 0 Å². The average molecular weight is 1870 g/mol. The molecule has 0 unspecified atom stereocenters. The number of sulfone groups is 1. The molecule has 6 N–H and O–H groups in total. The second kappa shape index (κ2) is 53.8. The number of carbonyl (C=O) groups excluding carboxylic acids is 3. The Kier molecular flexibility index (Phi) is 45.2. The molecule has 0 bridgehead atoms. The first-order valence-corrected chi connectivity index (χ1v) is 47.0. The molecule has 672 valence electrons. The van der Waals surface area contributed by atoms with E-state index in [0.717, 1.165) is 71.9 Å². The lowest BCUT2D eigenvalue weighted by Crippen LogP contribution is -2.37. The van der Waals surface area contributed by atoms with Gasteiger partial charge in [-0.2, -0.15) is 5.26 Å². The number of halogens is 6. The van der Waals surface area contributed by atoms with Crippen molar-refractivity contribution in [2.24, 2.45) is 10.7 Å². The van der Waals surface area contributed by atoms with Crippen LogP contribution in [0.3, 0.4) is 0 Å². The number of likely N-dealkylation sites (N-methyl/N-ethyl adjacent to an activating group) is 3. The molecular weight excluding hydrogens is 1760 g/mol.